The SMILES string of the molecule is CC1=C(C(=O)OCC(C)C)C(c2ccc(F)cc2)C2=C(CC(c3cccs3)CC2=O)N1. The lowest BCUT2D eigenvalue weighted by Crippen LogP contribution is -2.36. The highest BCUT2D eigenvalue weighted by Crippen LogP contribution is 2.46. The monoisotopic (exact) mass is 439 g/mol. The minimum Gasteiger partial charge on any atom is -0.462 e. The molecular weight excluding hydrogens is 413 g/mol. The first kappa shape index (κ1) is 21.5. The molecule has 1 aliphatic carbocycles. The lowest BCUT2D eigenvalue weighted by Gasteiger charge is -2.36. The molecule has 2 unspecified atom stereocenters. The number of rotatable bonds is 5. The van der Waals surface area contributed by atoms with Crippen molar-refractivity contribution in [2.75, 3.05) is 6.61 Å². The van der Waals surface area contributed by atoms with Crippen LogP contribution in [-0.4, -0.2) is 18.4 Å². The molecule has 2 heterocycles. The summed E-state index contributed by atoms with van der Waals surface area (Å²) in [7, 11) is 0. The van der Waals surface area contributed by atoms with Gasteiger partial charge in [0.2, 0.25) is 0 Å². The Morgan fingerprint density at radius 2 is 1.97 bits per heavy atom. The summed E-state index contributed by atoms with van der Waals surface area (Å²) in [5, 5.41) is 5.36. The molecular formula is C25H26FNO3S. The van der Waals surface area contributed by atoms with Gasteiger partial charge in [0.1, 0.15) is 5.82 Å². The Morgan fingerprint density at radius 1 is 1.23 bits per heavy atom. The number of carbonyl (C=O) groups is 2. The third kappa shape index (κ3) is 4.35. The van der Waals surface area contributed by atoms with Gasteiger partial charge in [-0.25, -0.2) is 9.18 Å². The van der Waals surface area contributed by atoms with Gasteiger partial charge < -0.3 is 10.1 Å². The van der Waals surface area contributed by atoms with Crippen molar-refractivity contribution < 1.29 is 18.7 Å². The largest absolute Gasteiger partial charge is 0.462 e. The number of benzene rings is 1. The molecule has 31 heavy (non-hydrogen) atoms. The van der Waals surface area contributed by atoms with Gasteiger partial charge in [-0.3, -0.25) is 4.79 Å². The summed E-state index contributed by atoms with van der Waals surface area (Å²) in [6.45, 7) is 6.08. The zero-order valence-corrected chi connectivity index (χ0v) is 18.7. The van der Waals surface area contributed by atoms with E-state index in [9.17, 15) is 14.0 Å². The molecule has 0 saturated carbocycles. The van der Waals surface area contributed by atoms with E-state index < -0.39 is 11.9 Å². The Morgan fingerprint density at radius 3 is 2.61 bits per heavy atom. The number of esters is 1. The third-order valence-electron chi connectivity index (χ3n) is 5.74. The molecule has 0 fully saturated rings. The van der Waals surface area contributed by atoms with Crippen LogP contribution < -0.4 is 5.32 Å². The van der Waals surface area contributed by atoms with Crippen molar-refractivity contribution in [1.82, 2.24) is 5.32 Å². The van der Waals surface area contributed by atoms with Crippen LogP contribution in [0.25, 0.3) is 0 Å². The number of ketones is 1. The molecule has 0 amide bonds. The standard InChI is InChI=1S/C25H26FNO3S/c1-14(2)13-30-25(29)22-15(3)27-19-11-17(21-5-4-10-31-21)12-20(28)24(19)23(22)16-6-8-18(26)9-7-16/h4-10,14,17,23,27H,11-13H2,1-3H3. The van der Waals surface area contributed by atoms with Crippen LogP contribution in [-0.2, 0) is 14.3 Å². The van der Waals surface area contributed by atoms with Crippen LogP contribution in [0.4, 0.5) is 4.39 Å². The van der Waals surface area contributed by atoms with E-state index in [-0.39, 0.29) is 23.4 Å². The fraction of sp³-hybridized carbons (Fsp3) is 0.360. The molecule has 4 nitrogen and oxygen atoms in total. The second-order valence-electron chi connectivity index (χ2n) is 8.58. The summed E-state index contributed by atoms with van der Waals surface area (Å²) < 4.78 is 19.2. The third-order valence-corrected chi connectivity index (χ3v) is 6.78. The predicted octanol–water partition coefficient (Wildman–Crippen LogP) is 5.45. The lowest BCUT2D eigenvalue weighted by atomic mass is 9.72. The highest BCUT2D eigenvalue weighted by atomic mass is 32.1. The van der Waals surface area contributed by atoms with Crippen LogP contribution in [0.5, 0.6) is 0 Å². The number of allylic oxidation sites excluding steroid dienone is 3. The number of hydrogen-bond donors (Lipinski definition) is 1. The van der Waals surface area contributed by atoms with Gasteiger partial charge in [-0.1, -0.05) is 32.0 Å². The quantitative estimate of drug-likeness (QED) is 0.630. The number of hydrogen-bond acceptors (Lipinski definition) is 5. The minimum atomic E-state index is -0.562. The Kier molecular flexibility index (Phi) is 6.10. The van der Waals surface area contributed by atoms with Crippen molar-refractivity contribution in [2.24, 2.45) is 5.92 Å². The molecule has 0 radical (unpaired) electrons. The van der Waals surface area contributed by atoms with Crippen molar-refractivity contribution in [2.45, 2.75) is 45.4 Å². The van der Waals surface area contributed by atoms with Crippen molar-refractivity contribution in [3.05, 3.63) is 80.6 Å². The second kappa shape index (κ2) is 8.79. The maximum absolute atomic E-state index is 13.6. The summed E-state index contributed by atoms with van der Waals surface area (Å²) in [6.07, 6.45) is 1.09. The Hall–Kier alpha value is -2.73. The van der Waals surface area contributed by atoms with Crippen LogP contribution in [0.1, 0.15) is 55.9 Å². The fourth-order valence-electron chi connectivity index (χ4n) is 4.34. The van der Waals surface area contributed by atoms with Crippen LogP contribution in [0, 0.1) is 11.7 Å². The number of ether oxygens (including phenoxy) is 1. The van der Waals surface area contributed by atoms with Crippen molar-refractivity contribution in [3.8, 4) is 0 Å². The normalized spacial score (nSPS) is 21.3. The topological polar surface area (TPSA) is 55.4 Å². The van der Waals surface area contributed by atoms with Gasteiger partial charge in [-0.15, -0.1) is 11.3 Å². The molecule has 6 heteroatoms. The van der Waals surface area contributed by atoms with E-state index in [1.807, 2.05) is 32.2 Å². The van der Waals surface area contributed by atoms with Gasteiger partial charge >= 0.3 is 5.97 Å². The van der Waals surface area contributed by atoms with Crippen molar-refractivity contribution in [1.29, 1.82) is 0 Å². The minimum absolute atomic E-state index is 0.0168. The Bertz CT molecular complexity index is 1050. The van der Waals surface area contributed by atoms with E-state index in [1.165, 1.54) is 17.0 Å². The second-order valence-corrected chi connectivity index (χ2v) is 9.56. The van der Waals surface area contributed by atoms with E-state index >= 15 is 0 Å². The molecule has 4 rings (SSSR count). The van der Waals surface area contributed by atoms with Gasteiger partial charge in [-0.2, -0.15) is 0 Å². The number of thiophene rings is 1. The van der Waals surface area contributed by atoms with Crippen LogP contribution >= 0.6 is 11.3 Å². The molecule has 0 bridgehead atoms. The van der Waals surface area contributed by atoms with E-state index in [0.29, 0.717) is 41.9 Å². The molecule has 1 N–H and O–H groups in total. The molecule has 1 aromatic carbocycles. The van der Waals surface area contributed by atoms with Gasteiger partial charge in [0.25, 0.3) is 0 Å². The smallest absolute Gasteiger partial charge is 0.336 e. The first-order valence-corrected chi connectivity index (χ1v) is 11.4. The number of dihydropyridines is 1. The van der Waals surface area contributed by atoms with Crippen LogP contribution in [0.3, 0.4) is 0 Å². The summed E-state index contributed by atoms with van der Waals surface area (Å²) in [4.78, 5) is 27.6. The molecule has 0 saturated heterocycles. The van der Waals surface area contributed by atoms with Crippen molar-refractivity contribution >= 4 is 23.1 Å². The molecule has 2 aromatic rings. The van der Waals surface area contributed by atoms with E-state index in [2.05, 4.69) is 11.4 Å². The van der Waals surface area contributed by atoms with E-state index in [4.69, 9.17) is 4.74 Å². The zero-order chi connectivity index (χ0) is 22.1. The first-order chi connectivity index (χ1) is 14.8. The summed E-state index contributed by atoms with van der Waals surface area (Å²) in [5.74, 6) is -1.02. The number of carbonyl (C=O) groups excluding carboxylic acids is 2. The summed E-state index contributed by atoms with van der Waals surface area (Å²) >= 11 is 1.65. The van der Waals surface area contributed by atoms with Crippen LogP contribution in [0.2, 0.25) is 0 Å². The first-order valence-electron chi connectivity index (χ1n) is 10.5. The van der Waals surface area contributed by atoms with E-state index in [1.54, 1.807) is 23.5 Å². The zero-order valence-electron chi connectivity index (χ0n) is 17.9. The molecule has 2 atom stereocenters. The Balaban J connectivity index is 1.76. The highest BCUT2D eigenvalue weighted by Gasteiger charge is 2.41. The van der Waals surface area contributed by atoms with Gasteiger partial charge in [0, 0.05) is 40.1 Å². The van der Waals surface area contributed by atoms with Gasteiger partial charge in [0.15, 0.2) is 5.78 Å². The molecule has 1 aliphatic heterocycles. The predicted molar refractivity (Wildman–Crippen MR) is 119 cm³/mol. The molecule has 162 valence electrons. The average molecular weight is 440 g/mol. The lowest BCUT2D eigenvalue weighted by molar-refractivity contribution is -0.140. The molecule has 1 aromatic heterocycles. The average Bonchev–Trinajstić information content (AvgIpc) is 3.26. The van der Waals surface area contributed by atoms with Gasteiger partial charge in [-0.05, 0) is 48.4 Å². The Labute approximate surface area is 185 Å². The fourth-order valence-corrected chi connectivity index (χ4v) is 5.17. The van der Waals surface area contributed by atoms with Crippen LogP contribution in [0.15, 0.2) is 64.3 Å². The highest BCUT2D eigenvalue weighted by molar-refractivity contribution is 7.10. The number of Topliss-reactive ketones (excluding diaryl/α,β-unsaturated/α-hetero) is 1. The molecule has 0 spiro atoms. The van der Waals surface area contributed by atoms with Gasteiger partial charge in [0.05, 0.1) is 12.2 Å². The number of halogens is 1. The summed E-state index contributed by atoms with van der Waals surface area (Å²) in [6, 6.07) is 10.1. The maximum atomic E-state index is 13.6. The maximum Gasteiger partial charge on any atom is 0.336 e. The van der Waals surface area contributed by atoms with E-state index in [0.717, 1.165) is 5.70 Å². The molecule has 2 aliphatic rings. The number of nitrogens with one attached hydrogen (secondary N) is 1. The summed E-state index contributed by atoms with van der Waals surface area (Å²) in [5.41, 5.74) is 3.27. The van der Waals surface area contributed by atoms with Crippen molar-refractivity contribution in [3.63, 3.8) is 0 Å².